The predicted octanol–water partition coefficient (Wildman–Crippen LogP) is 2.68. The van der Waals surface area contributed by atoms with E-state index in [4.69, 9.17) is 4.74 Å². The second-order valence-electron chi connectivity index (χ2n) is 4.99. The van der Waals surface area contributed by atoms with Gasteiger partial charge in [-0.2, -0.15) is 0 Å². The van der Waals surface area contributed by atoms with Crippen LogP contribution in [0.3, 0.4) is 0 Å². The monoisotopic (exact) mass is 217 g/mol. The first-order valence-corrected chi connectivity index (χ1v) is 6.26. The van der Waals surface area contributed by atoms with Crippen molar-refractivity contribution in [1.82, 2.24) is 5.32 Å². The van der Waals surface area contributed by atoms with Gasteiger partial charge in [0.25, 0.3) is 0 Å². The minimum atomic E-state index is 0.715. The molecule has 2 heteroatoms. The van der Waals surface area contributed by atoms with Gasteiger partial charge in [0, 0.05) is 13.1 Å². The van der Waals surface area contributed by atoms with Crippen molar-refractivity contribution in [3.05, 3.63) is 29.3 Å². The van der Waals surface area contributed by atoms with Gasteiger partial charge in [0.15, 0.2) is 0 Å². The van der Waals surface area contributed by atoms with Crippen molar-refractivity contribution in [2.45, 2.75) is 31.7 Å². The van der Waals surface area contributed by atoms with Crippen LogP contribution < -0.4 is 10.1 Å². The molecule has 16 heavy (non-hydrogen) atoms. The summed E-state index contributed by atoms with van der Waals surface area (Å²) in [5, 5.41) is 3.54. The fourth-order valence-corrected chi connectivity index (χ4v) is 2.94. The van der Waals surface area contributed by atoms with Gasteiger partial charge >= 0.3 is 0 Å². The fraction of sp³-hybridized carbons (Fsp3) is 0.571. The molecule has 1 unspecified atom stereocenters. The van der Waals surface area contributed by atoms with E-state index in [0.29, 0.717) is 5.92 Å². The average Bonchev–Trinajstić information content (AvgIpc) is 2.27. The molecule has 1 heterocycles. The molecule has 0 aromatic heterocycles. The first-order valence-electron chi connectivity index (χ1n) is 6.26. The Labute approximate surface area is 97.0 Å². The smallest absolute Gasteiger partial charge is 0.119 e. The zero-order valence-electron chi connectivity index (χ0n) is 9.83. The molecule has 1 aromatic rings. The summed E-state index contributed by atoms with van der Waals surface area (Å²) < 4.78 is 5.34. The van der Waals surface area contributed by atoms with Crippen LogP contribution in [-0.4, -0.2) is 13.7 Å². The van der Waals surface area contributed by atoms with Crippen molar-refractivity contribution in [2.75, 3.05) is 13.7 Å². The summed E-state index contributed by atoms with van der Waals surface area (Å²) in [5.74, 6) is 2.62. The average molecular weight is 217 g/mol. The summed E-state index contributed by atoms with van der Waals surface area (Å²) in [7, 11) is 1.75. The van der Waals surface area contributed by atoms with Crippen LogP contribution >= 0.6 is 0 Å². The summed E-state index contributed by atoms with van der Waals surface area (Å²) in [6.45, 7) is 2.16. The standard InChI is InChI=1S/C14H19NO/c1-16-12-6-5-11-8-15-9-14(13(11)7-12)10-3-2-4-10/h5-7,10,14-15H,2-4,8-9H2,1H3. The maximum atomic E-state index is 5.34. The maximum absolute atomic E-state index is 5.34. The van der Waals surface area contributed by atoms with Crippen molar-refractivity contribution in [2.24, 2.45) is 5.92 Å². The third-order valence-electron chi connectivity index (χ3n) is 4.15. The van der Waals surface area contributed by atoms with Gasteiger partial charge in [-0.05, 0) is 47.9 Å². The van der Waals surface area contributed by atoms with Gasteiger partial charge in [-0.1, -0.05) is 12.5 Å². The van der Waals surface area contributed by atoms with Crippen LogP contribution in [0.15, 0.2) is 18.2 Å². The fourth-order valence-electron chi connectivity index (χ4n) is 2.94. The van der Waals surface area contributed by atoms with E-state index in [1.807, 2.05) is 0 Å². The van der Waals surface area contributed by atoms with Crippen LogP contribution in [0.25, 0.3) is 0 Å². The van der Waals surface area contributed by atoms with Gasteiger partial charge in [0.2, 0.25) is 0 Å². The summed E-state index contributed by atoms with van der Waals surface area (Å²) in [4.78, 5) is 0. The van der Waals surface area contributed by atoms with E-state index in [1.54, 1.807) is 7.11 Å². The molecule has 3 rings (SSSR count). The van der Waals surface area contributed by atoms with E-state index < -0.39 is 0 Å². The van der Waals surface area contributed by atoms with Crippen LogP contribution in [0.5, 0.6) is 5.75 Å². The lowest BCUT2D eigenvalue weighted by Crippen LogP contribution is -2.34. The largest absolute Gasteiger partial charge is 0.497 e. The molecule has 0 amide bonds. The van der Waals surface area contributed by atoms with E-state index in [9.17, 15) is 0 Å². The SMILES string of the molecule is COc1ccc2c(c1)C(C1CCC1)CNC2. The lowest BCUT2D eigenvalue weighted by Gasteiger charge is -2.38. The lowest BCUT2D eigenvalue weighted by atomic mass is 9.71. The van der Waals surface area contributed by atoms with Crippen molar-refractivity contribution in [3.63, 3.8) is 0 Å². The number of rotatable bonds is 2. The minimum Gasteiger partial charge on any atom is -0.497 e. The number of benzene rings is 1. The number of ether oxygens (including phenoxy) is 1. The maximum Gasteiger partial charge on any atom is 0.119 e. The molecule has 0 radical (unpaired) electrons. The van der Waals surface area contributed by atoms with Crippen LogP contribution in [0.2, 0.25) is 0 Å². The minimum absolute atomic E-state index is 0.715. The Morgan fingerprint density at radius 2 is 2.19 bits per heavy atom. The number of hydrogen-bond donors (Lipinski definition) is 1. The second kappa shape index (κ2) is 4.10. The Kier molecular flexibility index (Phi) is 2.60. The highest BCUT2D eigenvalue weighted by Gasteiger charge is 2.31. The third kappa shape index (κ3) is 1.61. The Morgan fingerprint density at radius 3 is 2.88 bits per heavy atom. The quantitative estimate of drug-likeness (QED) is 0.822. The van der Waals surface area contributed by atoms with Crippen LogP contribution in [0, 0.1) is 5.92 Å². The summed E-state index contributed by atoms with van der Waals surface area (Å²) in [6, 6.07) is 6.54. The molecular formula is C14H19NO. The molecule has 0 saturated heterocycles. The van der Waals surface area contributed by atoms with Gasteiger partial charge in [-0.15, -0.1) is 0 Å². The van der Waals surface area contributed by atoms with Crippen molar-refractivity contribution in [1.29, 1.82) is 0 Å². The second-order valence-corrected chi connectivity index (χ2v) is 4.99. The van der Waals surface area contributed by atoms with Gasteiger partial charge in [-0.3, -0.25) is 0 Å². The van der Waals surface area contributed by atoms with E-state index >= 15 is 0 Å². The van der Waals surface area contributed by atoms with Gasteiger partial charge in [-0.25, -0.2) is 0 Å². The van der Waals surface area contributed by atoms with Crippen molar-refractivity contribution >= 4 is 0 Å². The van der Waals surface area contributed by atoms with E-state index in [-0.39, 0.29) is 0 Å². The van der Waals surface area contributed by atoms with E-state index in [0.717, 1.165) is 24.8 Å². The van der Waals surface area contributed by atoms with E-state index in [2.05, 4.69) is 23.5 Å². The first-order chi connectivity index (χ1) is 7.88. The van der Waals surface area contributed by atoms with Crippen LogP contribution in [0.1, 0.15) is 36.3 Å². The van der Waals surface area contributed by atoms with Crippen molar-refractivity contribution in [3.8, 4) is 5.75 Å². The molecule has 2 nitrogen and oxygen atoms in total. The number of hydrogen-bond acceptors (Lipinski definition) is 2. The van der Waals surface area contributed by atoms with Crippen molar-refractivity contribution < 1.29 is 4.74 Å². The van der Waals surface area contributed by atoms with E-state index in [1.165, 1.54) is 30.4 Å². The van der Waals surface area contributed by atoms with Crippen LogP contribution in [-0.2, 0) is 6.54 Å². The molecule has 2 aliphatic rings. The van der Waals surface area contributed by atoms with Crippen LogP contribution in [0.4, 0.5) is 0 Å². The Bertz CT molecular complexity index is 384. The molecule has 1 saturated carbocycles. The molecule has 1 atom stereocenters. The molecule has 86 valence electrons. The zero-order valence-corrected chi connectivity index (χ0v) is 9.83. The molecule has 0 bridgehead atoms. The summed E-state index contributed by atoms with van der Waals surface area (Å²) >= 11 is 0. The predicted molar refractivity (Wildman–Crippen MR) is 64.8 cm³/mol. The van der Waals surface area contributed by atoms with Gasteiger partial charge < -0.3 is 10.1 Å². The first kappa shape index (κ1) is 10.2. The highest BCUT2D eigenvalue weighted by Crippen LogP contribution is 2.42. The third-order valence-corrected chi connectivity index (χ3v) is 4.15. The lowest BCUT2D eigenvalue weighted by molar-refractivity contribution is 0.247. The highest BCUT2D eigenvalue weighted by molar-refractivity contribution is 5.40. The topological polar surface area (TPSA) is 21.3 Å². The highest BCUT2D eigenvalue weighted by atomic mass is 16.5. The molecule has 1 N–H and O–H groups in total. The van der Waals surface area contributed by atoms with Gasteiger partial charge in [0.05, 0.1) is 7.11 Å². The normalized spacial score (nSPS) is 24.7. The number of nitrogens with one attached hydrogen (secondary N) is 1. The molecule has 1 fully saturated rings. The number of methoxy groups -OCH3 is 1. The zero-order chi connectivity index (χ0) is 11.0. The Morgan fingerprint density at radius 1 is 1.31 bits per heavy atom. The number of fused-ring (bicyclic) bond motifs is 1. The molecule has 1 aromatic carbocycles. The summed E-state index contributed by atoms with van der Waals surface area (Å²) in [6.07, 6.45) is 4.23. The Hall–Kier alpha value is -1.02. The molecule has 1 aliphatic carbocycles. The molecule has 1 aliphatic heterocycles. The van der Waals surface area contributed by atoms with Gasteiger partial charge in [0.1, 0.15) is 5.75 Å². The Balaban J connectivity index is 1.94. The molecule has 0 spiro atoms. The molecular weight excluding hydrogens is 198 g/mol. The summed E-state index contributed by atoms with van der Waals surface area (Å²) in [5.41, 5.74) is 2.99.